The molecule has 0 bridgehead atoms. The van der Waals surface area contributed by atoms with Gasteiger partial charge in [0.05, 0.1) is 6.42 Å². The molecule has 0 saturated heterocycles. The van der Waals surface area contributed by atoms with Crippen LogP contribution in [0.2, 0.25) is 0 Å². The summed E-state index contributed by atoms with van der Waals surface area (Å²) in [6, 6.07) is -0.709. The van der Waals surface area contributed by atoms with E-state index >= 15 is 0 Å². The first-order valence-corrected chi connectivity index (χ1v) is 4.27. The van der Waals surface area contributed by atoms with Crippen molar-refractivity contribution in [1.29, 1.82) is 0 Å². The molecule has 14 heavy (non-hydrogen) atoms. The fourth-order valence-electron chi connectivity index (χ4n) is 1.05. The number of hydrogen-bond donors (Lipinski definition) is 2. The molecule has 1 amide bonds. The Morgan fingerprint density at radius 3 is 2.36 bits per heavy atom. The van der Waals surface area contributed by atoms with Gasteiger partial charge in [-0.25, -0.2) is 0 Å². The molecule has 0 radical (unpaired) electrons. The van der Waals surface area contributed by atoms with Crippen molar-refractivity contribution in [2.45, 2.75) is 38.7 Å². The monoisotopic (exact) mass is 209 g/mol. The van der Waals surface area contributed by atoms with Crippen molar-refractivity contribution in [2.75, 3.05) is 0 Å². The molecule has 0 saturated carbocycles. The van der Waals surface area contributed by atoms with Crippen LogP contribution in [-0.2, 0) is 9.59 Å². The molecule has 1 atom stereocenters. The highest BCUT2D eigenvalue weighted by atomic mass is 19.3. The van der Waals surface area contributed by atoms with E-state index in [0.717, 1.165) is 0 Å². The zero-order valence-electron chi connectivity index (χ0n) is 7.80. The summed E-state index contributed by atoms with van der Waals surface area (Å²) in [5.74, 6) is -2.53. The molecule has 0 aromatic heterocycles. The highest BCUT2D eigenvalue weighted by Crippen LogP contribution is 2.03. The standard InChI is InChI=1S/C8H13F2NO3/c1-2-3-5(4-6(12)13)11-8(14)7(9)10/h5,7H,2-4H2,1H3,(H,11,14)(H,12,13). The molecule has 0 aliphatic carbocycles. The van der Waals surface area contributed by atoms with Gasteiger partial charge in [0.15, 0.2) is 0 Å². The fraction of sp³-hybridized carbons (Fsp3) is 0.750. The Bertz CT molecular complexity index is 209. The van der Waals surface area contributed by atoms with E-state index < -0.39 is 24.3 Å². The van der Waals surface area contributed by atoms with Crippen LogP contribution in [0.5, 0.6) is 0 Å². The normalized spacial score (nSPS) is 12.6. The van der Waals surface area contributed by atoms with Gasteiger partial charge in [0.1, 0.15) is 0 Å². The van der Waals surface area contributed by atoms with Crippen LogP contribution in [0.25, 0.3) is 0 Å². The topological polar surface area (TPSA) is 66.4 Å². The van der Waals surface area contributed by atoms with E-state index in [1.54, 1.807) is 6.92 Å². The third-order valence-electron chi connectivity index (χ3n) is 1.60. The number of alkyl halides is 2. The van der Waals surface area contributed by atoms with Gasteiger partial charge in [0.2, 0.25) is 0 Å². The van der Waals surface area contributed by atoms with Crippen molar-refractivity contribution in [3.63, 3.8) is 0 Å². The first kappa shape index (κ1) is 12.8. The van der Waals surface area contributed by atoms with Gasteiger partial charge in [-0.1, -0.05) is 13.3 Å². The number of carboxylic acid groups (broad SMARTS) is 1. The number of aliphatic carboxylic acids is 1. The van der Waals surface area contributed by atoms with Gasteiger partial charge < -0.3 is 10.4 Å². The van der Waals surface area contributed by atoms with Crippen LogP contribution in [0.4, 0.5) is 8.78 Å². The number of carbonyl (C=O) groups excluding carboxylic acids is 1. The van der Waals surface area contributed by atoms with E-state index in [-0.39, 0.29) is 6.42 Å². The SMILES string of the molecule is CCCC(CC(=O)O)NC(=O)C(F)F. The van der Waals surface area contributed by atoms with Gasteiger partial charge in [-0.15, -0.1) is 0 Å². The number of nitrogens with one attached hydrogen (secondary N) is 1. The maximum atomic E-state index is 11.8. The van der Waals surface area contributed by atoms with Crippen LogP contribution in [0.3, 0.4) is 0 Å². The van der Waals surface area contributed by atoms with Crippen molar-refractivity contribution < 1.29 is 23.5 Å². The summed E-state index contributed by atoms with van der Waals surface area (Å²) in [4.78, 5) is 20.9. The number of halogens is 2. The van der Waals surface area contributed by atoms with E-state index in [2.05, 4.69) is 0 Å². The summed E-state index contributed by atoms with van der Waals surface area (Å²) in [6.07, 6.45) is -2.42. The smallest absolute Gasteiger partial charge is 0.315 e. The van der Waals surface area contributed by atoms with E-state index in [1.165, 1.54) is 0 Å². The third-order valence-corrected chi connectivity index (χ3v) is 1.60. The van der Waals surface area contributed by atoms with E-state index in [4.69, 9.17) is 5.11 Å². The molecule has 0 aromatic rings. The number of carboxylic acids is 1. The molecular weight excluding hydrogens is 196 g/mol. The second-order valence-corrected chi connectivity index (χ2v) is 2.89. The summed E-state index contributed by atoms with van der Waals surface area (Å²) in [5.41, 5.74) is 0. The second kappa shape index (κ2) is 6.28. The predicted octanol–water partition coefficient (Wildman–Crippen LogP) is 1.01. The predicted molar refractivity (Wildman–Crippen MR) is 45.1 cm³/mol. The van der Waals surface area contributed by atoms with Crippen LogP contribution in [0, 0.1) is 0 Å². The van der Waals surface area contributed by atoms with Crippen LogP contribution in [-0.4, -0.2) is 29.5 Å². The lowest BCUT2D eigenvalue weighted by atomic mass is 10.1. The Balaban J connectivity index is 4.08. The molecule has 1 unspecified atom stereocenters. The minimum absolute atomic E-state index is 0.327. The molecule has 82 valence electrons. The van der Waals surface area contributed by atoms with Crippen LogP contribution < -0.4 is 5.32 Å². The van der Waals surface area contributed by atoms with Gasteiger partial charge in [0, 0.05) is 6.04 Å². The summed E-state index contributed by atoms with van der Waals surface area (Å²) in [5, 5.41) is 10.4. The Kier molecular flexibility index (Phi) is 5.74. The van der Waals surface area contributed by atoms with Crippen molar-refractivity contribution in [1.82, 2.24) is 5.32 Å². The minimum Gasteiger partial charge on any atom is -0.481 e. The largest absolute Gasteiger partial charge is 0.481 e. The van der Waals surface area contributed by atoms with Gasteiger partial charge in [0.25, 0.3) is 5.91 Å². The van der Waals surface area contributed by atoms with E-state index in [9.17, 15) is 18.4 Å². The van der Waals surface area contributed by atoms with Gasteiger partial charge in [-0.2, -0.15) is 8.78 Å². The van der Waals surface area contributed by atoms with Crippen LogP contribution in [0.1, 0.15) is 26.2 Å². The number of hydrogen-bond acceptors (Lipinski definition) is 2. The zero-order valence-corrected chi connectivity index (χ0v) is 7.80. The lowest BCUT2D eigenvalue weighted by Gasteiger charge is -2.15. The molecule has 2 N–H and O–H groups in total. The lowest BCUT2D eigenvalue weighted by Crippen LogP contribution is -2.39. The Labute approximate surface area is 80.3 Å². The molecule has 0 aromatic carbocycles. The molecule has 0 rings (SSSR count). The Morgan fingerprint density at radius 1 is 1.43 bits per heavy atom. The highest BCUT2D eigenvalue weighted by Gasteiger charge is 2.20. The molecule has 0 spiro atoms. The van der Waals surface area contributed by atoms with Gasteiger partial charge in [-0.3, -0.25) is 9.59 Å². The Hall–Kier alpha value is -1.20. The van der Waals surface area contributed by atoms with Gasteiger partial charge in [-0.05, 0) is 6.42 Å². The van der Waals surface area contributed by atoms with Crippen molar-refractivity contribution >= 4 is 11.9 Å². The average molecular weight is 209 g/mol. The Morgan fingerprint density at radius 2 is 2.00 bits per heavy atom. The number of rotatable bonds is 6. The van der Waals surface area contributed by atoms with Crippen LogP contribution >= 0.6 is 0 Å². The summed E-state index contributed by atoms with van der Waals surface area (Å²) in [7, 11) is 0. The van der Waals surface area contributed by atoms with Gasteiger partial charge >= 0.3 is 12.4 Å². The molecule has 0 aliphatic rings. The first-order valence-electron chi connectivity index (χ1n) is 4.27. The van der Waals surface area contributed by atoms with Crippen molar-refractivity contribution in [3.05, 3.63) is 0 Å². The minimum atomic E-state index is -3.09. The van der Waals surface area contributed by atoms with Crippen molar-refractivity contribution in [2.24, 2.45) is 0 Å². The van der Waals surface area contributed by atoms with Crippen LogP contribution in [0.15, 0.2) is 0 Å². The first-order chi connectivity index (χ1) is 6.47. The third kappa shape index (κ3) is 5.45. The quantitative estimate of drug-likeness (QED) is 0.686. The van der Waals surface area contributed by atoms with E-state index in [0.29, 0.717) is 12.8 Å². The van der Waals surface area contributed by atoms with E-state index in [1.807, 2.05) is 5.32 Å². The highest BCUT2D eigenvalue weighted by molar-refractivity contribution is 5.80. The molecular formula is C8H13F2NO3. The van der Waals surface area contributed by atoms with Crippen molar-refractivity contribution in [3.8, 4) is 0 Å². The number of carbonyl (C=O) groups is 2. The molecule has 0 heterocycles. The number of amides is 1. The summed E-state index contributed by atoms with van der Waals surface area (Å²) in [6.45, 7) is 1.78. The molecule has 0 aliphatic heterocycles. The second-order valence-electron chi connectivity index (χ2n) is 2.89. The summed E-state index contributed by atoms with van der Waals surface area (Å²) >= 11 is 0. The molecule has 0 fully saturated rings. The zero-order chi connectivity index (χ0) is 11.1. The average Bonchev–Trinajstić information content (AvgIpc) is 2.02. The molecule has 6 heteroatoms. The summed E-state index contributed by atoms with van der Waals surface area (Å²) < 4.78 is 23.6. The molecule has 4 nitrogen and oxygen atoms in total. The lowest BCUT2D eigenvalue weighted by molar-refractivity contribution is -0.138. The maximum Gasteiger partial charge on any atom is 0.315 e. The fourth-order valence-corrected chi connectivity index (χ4v) is 1.05. The maximum absolute atomic E-state index is 11.8.